The summed E-state index contributed by atoms with van der Waals surface area (Å²) in [5.41, 5.74) is 1.27. The number of benzene rings is 1. The first-order chi connectivity index (χ1) is 7.88. The molecule has 0 aliphatic carbocycles. The van der Waals surface area contributed by atoms with E-state index in [1.54, 1.807) is 0 Å². The van der Waals surface area contributed by atoms with E-state index in [4.69, 9.17) is 9.47 Å². The van der Waals surface area contributed by atoms with Crippen molar-refractivity contribution in [3.8, 4) is 5.75 Å². The molecule has 0 spiro atoms. The Morgan fingerprint density at radius 2 is 2.19 bits per heavy atom. The Morgan fingerprint density at radius 1 is 1.38 bits per heavy atom. The van der Waals surface area contributed by atoms with Crippen molar-refractivity contribution in [3.63, 3.8) is 0 Å². The largest absolute Gasteiger partial charge is 0.491 e. The van der Waals surface area contributed by atoms with Crippen LogP contribution in [-0.4, -0.2) is 26.4 Å². The van der Waals surface area contributed by atoms with Crippen molar-refractivity contribution in [1.82, 2.24) is 5.32 Å². The van der Waals surface area contributed by atoms with Crippen LogP contribution in [0.5, 0.6) is 5.75 Å². The van der Waals surface area contributed by atoms with Gasteiger partial charge in [0.05, 0.1) is 6.10 Å². The average Bonchev–Trinajstić information content (AvgIpc) is 2.82. The number of rotatable bonds is 5. The number of hydrogen-bond donors (Lipinski definition) is 1. The first kappa shape index (κ1) is 11.4. The molecule has 1 aliphatic rings. The standard InChI is InChI=1S/C13H19NO2/c1-14-9-11-4-6-12(7-5-11)16-10-13-3-2-8-15-13/h4-7,13-14H,2-3,8-10H2,1H3. The smallest absolute Gasteiger partial charge is 0.119 e. The van der Waals surface area contributed by atoms with Crippen LogP contribution in [0.3, 0.4) is 0 Å². The zero-order valence-corrected chi connectivity index (χ0v) is 9.74. The Bertz CT molecular complexity index is 304. The van der Waals surface area contributed by atoms with Gasteiger partial charge in [-0.2, -0.15) is 0 Å². The Balaban J connectivity index is 1.80. The first-order valence-electron chi connectivity index (χ1n) is 5.86. The second-order valence-corrected chi connectivity index (χ2v) is 4.12. The van der Waals surface area contributed by atoms with Crippen molar-refractivity contribution in [2.75, 3.05) is 20.3 Å². The second-order valence-electron chi connectivity index (χ2n) is 4.12. The second kappa shape index (κ2) is 5.87. The maximum atomic E-state index is 5.68. The molecule has 88 valence electrons. The molecule has 1 N–H and O–H groups in total. The molecule has 0 saturated carbocycles. The van der Waals surface area contributed by atoms with Crippen LogP contribution in [0.25, 0.3) is 0 Å². The normalized spacial score (nSPS) is 19.9. The minimum Gasteiger partial charge on any atom is -0.491 e. The Morgan fingerprint density at radius 3 is 2.81 bits per heavy atom. The third kappa shape index (κ3) is 3.22. The van der Waals surface area contributed by atoms with Crippen LogP contribution < -0.4 is 10.1 Å². The van der Waals surface area contributed by atoms with Crippen molar-refractivity contribution >= 4 is 0 Å². The van der Waals surface area contributed by atoms with Crippen LogP contribution in [-0.2, 0) is 11.3 Å². The number of hydrogen-bond acceptors (Lipinski definition) is 3. The molecule has 1 unspecified atom stereocenters. The van der Waals surface area contributed by atoms with Crippen molar-refractivity contribution in [2.24, 2.45) is 0 Å². The Hall–Kier alpha value is -1.06. The van der Waals surface area contributed by atoms with Crippen LogP contribution >= 0.6 is 0 Å². The molecule has 1 saturated heterocycles. The van der Waals surface area contributed by atoms with Gasteiger partial charge >= 0.3 is 0 Å². The van der Waals surface area contributed by atoms with Gasteiger partial charge in [0, 0.05) is 13.2 Å². The van der Waals surface area contributed by atoms with E-state index in [1.807, 2.05) is 19.2 Å². The quantitative estimate of drug-likeness (QED) is 0.824. The van der Waals surface area contributed by atoms with Gasteiger partial charge in [-0.25, -0.2) is 0 Å². The molecule has 0 bridgehead atoms. The van der Waals surface area contributed by atoms with Crippen molar-refractivity contribution in [2.45, 2.75) is 25.5 Å². The lowest BCUT2D eigenvalue weighted by Crippen LogP contribution is -2.16. The molecule has 0 amide bonds. The highest BCUT2D eigenvalue weighted by Gasteiger charge is 2.15. The fourth-order valence-corrected chi connectivity index (χ4v) is 1.87. The van der Waals surface area contributed by atoms with Crippen molar-refractivity contribution < 1.29 is 9.47 Å². The molecule has 2 rings (SSSR count). The molecule has 3 heteroatoms. The molecule has 1 aliphatic heterocycles. The van der Waals surface area contributed by atoms with E-state index in [0.717, 1.165) is 31.7 Å². The molecular weight excluding hydrogens is 202 g/mol. The lowest BCUT2D eigenvalue weighted by atomic mass is 10.2. The summed E-state index contributed by atoms with van der Waals surface area (Å²) in [6.45, 7) is 2.45. The molecule has 1 aromatic rings. The van der Waals surface area contributed by atoms with Gasteiger partial charge in [-0.3, -0.25) is 0 Å². The van der Waals surface area contributed by atoms with Crippen molar-refractivity contribution in [1.29, 1.82) is 0 Å². The number of nitrogens with one attached hydrogen (secondary N) is 1. The minimum absolute atomic E-state index is 0.289. The lowest BCUT2D eigenvalue weighted by molar-refractivity contribution is 0.0679. The molecule has 1 aromatic carbocycles. The summed E-state index contributed by atoms with van der Waals surface area (Å²) in [5, 5.41) is 3.12. The Kier molecular flexibility index (Phi) is 4.19. The van der Waals surface area contributed by atoms with Crippen molar-refractivity contribution in [3.05, 3.63) is 29.8 Å². The molecule has 1 atom stereocenters. The summed E-state index contributed by atoms with van der Waals surface area (Å²) >= 11 is 0. The van der Waals surface area contributed by atoms with E-state index in [2.05, 4.69) is 17.4 Å². The topological polar surface area (TPSA) is 30.5 Å². The van der Waals surface area contributed by atoms with E-state index in [9.17, 15) is 0 Å². The average molecular weight is 221 g/mol. The van der Waals surface area contributed by atoms with Gasteiger partial charge in [0.2, 0.25) is 0 Å². The maximum Gasteiger partial charge on any atom is 0.119 e. The summed E-state index contributed by atoms with van der Waals surface area (Å²) in [5.74, 6) is 0.926. The molecule has 0 radical (unpaired) electrons. The highest BCUT2D eigenvalue weighted by Crippen LogP contribution is 2.16. The highest BCUT2D eigenvalue weighted by molar-refractivity contribution is 5.27. The van der Waals surface area contributed by atoms with Crippen LogP contribution in [0.2, 0.25) is 0 Å². The third-order valence-corrected chi connectivity index (χ3v) is 2.76. The zero-order chi connectivity index (χ0) is 11.2. The van der Waals surface area contributed by atoms with E-state index in [-0.39, 0.29) is 6.10 Å². The molecule has 0 aromatic heterocycles. The monoisotopic (exact) mass is 221 g/mol. The van der Waals surface area contributed by atoms with Gasteiger partial charge in [-0.15, -0.1) is 0 Å². The van der Waals surface area contributed by atoms with E-state index < -0.39 is 0 Å². The summed E-state index contributed by atoms with van der Waals surface area (Å²) in [7, 11) is 1.95. The molecule has 16 heavy (non-hydrogen) atoms. The van der Waals surface area contributed by atoms with Gasteiger partial charge in [-0.1, -0.05) is 12.1 Å². The lowest BCUT2D eigenvalue weighted by Gasteiger charge is -2.11. The predicted octanol–water partition coefficient (Wildman–Crippen LogP) is 1.96. The van der Waals surface area contributed by atoms with E-state index in [1.165, 1.54) is 5.56 Å². The summed E-state index contributed by atoms with van der Waals surface area (Å²) in [6, 6.07) is 8.20. The van der Waals surface area contributed by atoms with E-state index >= 15 is 0 Å². The number of ether oxygens (including phenoxy) is 2. The van der Waals surface area contributed by atoms with Gasteiger partial charge in [0.25, 0.3) is 0 Å². The fraction of sp³-hybridized carbons (Fsp3) is 0.538. The molecule has 1 heterocycles. The predicted molar refractivity (Wildman–Crippen MR) is 63.7 cm³/mol. The van der Waals surface area contributed by atoms with Crippen LogP contribution in [0.15, 0.2) is 24.3 Å². The summed E-state index contributed by atoms with van der Waals surface area (Å²) in [4.78, 5) is 0. The molecular formula is C13H19NO2. The van der Waals surface area contributed by atoms with Gasteiger partial charge in [0.1, 0.15) is 12.4 Å². The zero-order valence-electron chi connectivity index (χ0n) is 9.74. The van der Waals surface area contributed by atoms with Gasteiger partial charge < -0.3 is 14.8 Å². The van der Waals surface area contributed by atoms with E-state index in [0.29, 0.717) is 6.61 Å². The minimum atomic E-state index is 0.289. The van der Waals surface area contributed by atoms with Crippen LogP contribution in [0.4, 0.5) is 0 Å². The first-order valence-corrected chi connectivity index (χ1v) is 5.86. The van der Waals surface area contributed by atoms with Gasteiger partial charge in [0.15, 0.2) is 0 Å². The summed E-state index contributed by atoms with van der Waals surface area (Å²) < 4.78 is 11.2. The SMILES string of the molecule is CNCc1ccc(OCC2CCCO2)cc1. The third-order valence-electron chi connectivity index (χ3n) is 2.76. The summed E-state index contributed by atoms with van der Waals surface area (Å²) in [6.07, 6.45) is 2.57. The van der Waals surface area contributed by atoms with Crippen LogP contribution in [0.1, 0.15) is 18.4 Å². The molecule has 3 nitrogen and oxygen atoms in total. The Labute approximate surface area is 96.8 Å². The maximum absolute atomic E-state index is 5.68. The highest BCUT2D eigenvalue weighted by atomic mass is 16.5. The van der Waals surface area contributed by atoms with Crippen LogP contribution in [0, 0.1) is 0 Å². The fourth-order valence-electron chi connectivity index (χ4n) is 1.87. The van der Waals surface area contributed by atoms with Gasteiger partial charge in [-0.05, 0) is 37.6 Å². The molecule has 1 fully saturated rings.